The molecule has 17 heavy (non-hydrogen) atoms. The third-order valence-corrected chi connectivity index (χ3v) is 1.57. The van der Waals surface area contributed by atoms with E-state index in [1.54, 1.807) is 0 Å². The summed E-state index contributed by atoms with van der Waals surface area (Å²) in [5, 5.41) is 8.72. The molecule has 0 unspecified atom stereocenters. The van der Waals surface area contributed by atoms with Crippen molar-refractivity contribution in [1.82, 2.24) is 0 Å². The molecule has 0 saturated heterocycles. The molecule has 0 fully saturated rings. The number of hydrogen-bond donors (Lipinski definition) is 1. The first-order chi connectivity index (χ1) is 7.60. The van der Waals surface area contributed by atoms with E-state index in [9.17, 15) is 26.3 Å². The topological polar surface area (TPSA) is 20.2 Å². The standard InChI is InChI=1S/C8H4F6O.H2Se2/c9-7(10,11)4-1-5(8(12,13)14)3-6(15)2-4;1-2/h1-3,15H;1-2H. The van der Waals surface area contributed by atoms with Crippen LogP contribution in [-0.4, -0.2) is 33.5 Å². The van der Waals surface area contributed by atoms with E-state index in [0.717, 1.165) is 0 Å². The van der Waals surface area contributed by atoms with E-state index >= 15 is 0 Å². The van der Waals surface area contributed by atoms with E-state index in [2.05, 4.69) is 28.4 Å². The van der Waals surface area contributed by atoms with Gasteiger partial charge in [-0.05, 0) is 18.2 Å². The van der Waals surface area contributed by atoms with Crippen LogP contribution in [0.1, 0.15) is 11.1 Å². The van der Waals surface area contributed by atoms with Crippen molar-refractivity contribution in [2.45, 2.75) is 12.4 Å². The van der Waals surface area contributed by atoms with Gasteiger partial charge in [0.2, 0.25) is 0 Å². The van der Waals surface area contributed by atoms with Crippen LogP contribution in [0, 0.1) is 0 Å². The average molecular weight is 390 g/mol. The summed E-state index contributed by atoms with van der Waals surface area (Å²) >= 11 is 4.50. The summed E-state index contributed by atoms with van der Waals surface area (Å²) in [5.74, 6) is -1.07. The van der Waals surface area contributed by atoms with Crippen molar-refractivity contribution in [3.63, 3.8) is 0 Å². The van der Waals surface area contributed by atoms with Crippen molar-refractivity contribution < 1.29 is 31.4 Å². The van der Waals surface area contributed by atoms with Gasteiger partial charge in [0.15, 0.2) is 0 Å². The Morgan fingerprint density at radius 3 is 1.29 bits per heavy atom. The van der Waals surface area contributed by atoms with Crippen LogP contribution in [0.15, 0.2) is 18.2 Å². The van der Waals surface area contributed by atoms with Crippen LogP contribution in [0.25, 0.3) is 0 Å². The molecule has 0 aromatic heterocycles. The van der Waals surface area contributed by atoms with Crippen LogP contribution in [0.4, 0.5) is 26.3 Å². The molecule has 1 N–H and O–H groups in total. The van der Waals surface area contributed by atoms with Gasteiger partial charge in [0.1, 0.15) is 5.75 Å². The Hall–Kier alpha value is -0.361. The van der Waals surface area contributed by atoms with Crippen molar-refractivity contribution in [3.05, 3.63) is 29.3 Å². The summed E-state index contributed by atoms with van der Waals surface area (Å²) in [6, 6.07) is 0.407. The molecule has 1 nitrogen and oxygen atoms in total. The summed E-state index contributed by atoms with van der Waals surface area (Å²) < 4.78 is 72.3. The van der Waals surface area contributed by atoms with E-state index in [4.69, 9.17) is 5.11 Å². The van der Waals surface area contributed by atoms with Crippen molar-refractivity contribution >= 4 is 28.4 Å². The first-order valence-corrected chi connectivity index (χ1v) is 8.99. The Kier molecular flexibility index (Phi) is 5.87. The predicted octanol–water partition coefficient (Wildman–Crippen LogP) is 2.13. The maximum absolute atomic E-state index is 12.1. The van der Waals surface area contributed by atoms with E-state index in [1.807, 2.05) is 0 Å². The Labute approximate surface area is 107 Å². The monoisotopic (exact) mass is 392 g/mol. The minimum absolute atomic E-state index is 0.0558. The van der Waals surface area contributed by atoms with Gasteiger partial charge >= 0.3 is 40.7 Å². The quantitative estimate of drug-likeness (QED) is 0.532. The molecule has 0 aliphatic heterocycles. The molecular weight excluding hydrogens is 384 g/mol. The Morgan fingerprint density at radius 1 is 0.765 bits per heavy atom. The van der Waals surface area contributed by atoms with Crippen LogP contribution < -0.4 is 0 Å². The van der Waals surface area contributed by atoms with Gasteiger partial charge in [-0.1, -0.05) is 0 Å². The van der Waals surface area contributed by atoms with Crippen LogP contribution in [0.5, 0.6) is 5.75 Å². The van der Waals surface area contributed by atoms with E-state index in [1.165, 1.54) is 0 Å². The third-order valence-electron chi connectivity index (χ3n) is 1.57. The fourth-order valence-electron chi connectivity index (χ4n) is 0.939. The number of phenols is 1. The molecule has 98 valence electrons. The molecule has 0 saturated carbocycles. The van der Waals surface area contributed by atoms with E-state index in [-0.39, 0.29) is 18.2 Å². The summed E-state index contributed by atoms with van der Waals surface area (Å²) in [5.41, 5.74) is -3.07. The second kappa shape index (κ2) is 6.00. The number of hydrogen-bond acceptors (Lipinski definition) is 1. The number of phenolic OH excluding ortho intramolecular Hbond substituents is 1. The van der Waals surface area contributed by atoms with Crippen LogP contribution >= 0.6 is 0 Å². The molecule has 0 aliphatic rings. The zero-order valence-corrected chi connectivity index (χ0v) is 11.6. The summed E-state index contributed by atoms with van der Waals surface area (Å²) in [7, 11) is 0. The van der Waals surface area contributed by atoms with Crippen molar-refractivity contribution in [3.8, 4) is 5.75 Å². The number of halogens is 6. The molecule has 0 aliphatic carbocycles. The van der Waals surface area contributed by atoms with E-state index < -0.39 is 29.2 Å². The molecule has 0 bridgehead atoms. The molecule has 1 aromatic carbocycles. The Morgan fingerprint density at radius 2 is 1.06 bits per heavy atom. The zero-order chi connectivity index (χ0) is 13.9. The van der Waals surface area contributed by atoms with Crippen LogP contribution in [-0.2, 0) is 12.4 Å². The maximum atomic E-state index is 12.1. The Bertz CT molecular complexity index is 341. The molecule has 0 spiro atoms. The number of aromatic hydroxyl groups is 1. The second-order valence-electron chi connectivity index (χ2n) is 2.76. The second-order valence-corrected chi connectivity index (χ2v) is 2.76. The molecule has 0 heterocycles. The molecule has 0 atom stereocenters. The molecule has 1 aromatic rings. The minimum atomic E-state index is -4.92. The van der Waals surface area contributed by atoms with Crippen LogP contribution in [0.2, 0.25) is 0 Å². The zero-order valence-electron chi connectivity index (χ0n) is 7.84. The molecule has 9 heteroatoms. The van der Waals surface area contributed by atoms with Gasteiger partial charge in [0.25, 0.3) is 0 Å². The summed E-state index contributed by atoms with van der Waals surface area (Å²) in [4.78, 5) is 0. The number of alkyl halides is 6. The third kappa shape index (κ3) is 5.21. The SMILES string of the molecule is Oc1cc(C(F)(F)F)cc(C(F)(F)F)c1.[SeH][SeH]. The van der Waals surface area contributed by atoms with Gasteiger partial charge in [-0.25, -0.2) is 0 Å². The van der Waals surface area contributed by atoms with Crippen molar-refractivity contribution in [2.24, 2.45) is 0 Å². The van der Waals surface area contributed by atoms with Gasteiger partial charge in [-0.2, -0.15) is 26.3 Å². The Balaban J connectivity index is 0.00000121. The summed E-state index contributed by atoms with van der Waals surface area (Å²) in [6.07, 6.45) is -9.84. The van der Waals surface area contributed by atoms with Gasteiger partial charge in [-0.3, -0.25) is 0 Å². The fourth-order valence-corrected chi connectivity index (χ4v) is 0.939. The summed E-state index contributed by atoms with van der Waals surface area (Å²) in [6.45, 7) is 0. The van der Waals surface area contributed by atoms with Crippen molar-refractivity contribution in [1.29, 1.82) is 0 Å². The number of benzene rings is 1. The predicted molar refractivity (Wildman–Crippen MR) is 52.4 cm³/mol. The van der Waals surface area contributed by atoms with E-state index in [0.29, 0.717) is 0 Å². The molecule has 0 radical (unpaired) electrons. The number of rotatable bonds is 0. The molecular formula is C8H6F6OSe2. The van der Waals surface area contributed by atoms with Crippen LogP contribution in [0.3, 0.4) is 0 Å². The normalized spacial score (nSPS) is 11.8. The first-order valence-electron chi connectivity index (χ1n) is 3.79. The molecule has 0 amide bonds. The van der Waals surface area contributed by atoms with Gasteiger partial charge < -0.3 is 5.11 Å². The van der Waals surface area contributed by atoms with Gasteiger partial charge in [0, 0.05) is 0 Å². The first kappa shape index (κ1) is 16.6. The van der Waals surface area contributed by atoms with Gasteiger partial charge in [-0.15, -0.1) is 0 Å². The van der Waals surface area contributed by atoms with Gasteiger partial charge in [0.05, 0.1) is 11.1 Å². The molecule has 1 rings (SSSR count). The van der Waals surface area contributed by atoms with Crippen molar-refractivity contribution in [2.75, 3.05) is 0 Å². The average Bonchev–Trinajstić information content (AvgIpc) is 2.17. The fraction of sp³-hybridized carbons (Fsp3) is 0.250.